The SMILES string of the molecule is CC(C)[C@@H](N)C(=O)NC(=O)OCC(F)(F)F. The average Bonchev–Trinajstić information content (AvgIpc) is 2.12. The number of nitrogens with two attached hydrogens (primary N) is 1. The second-order valence-electron chi connectivity index (χ2n) is 3.45. The molecule has 0 saturated carbocycles. The van der Waals surface area contributed by atoms with Crippen LogP contribution < -0.4 is 11.1 Å². The number of hydrogen-bond acceptors (Lipinski definition) is 4. The number of carbonyl (C=O) groups excluding carboxylic acids is 2. The van der Waals surface area contributed by atoms with Gasteiger partial charge in [0.2, 0.25) is 5.91 Å². The van der Waals surface area contributed by atoms with Crippen LogP contribution in [-0.2, 0) is 9.53 Å². The van der Waals surface area contributed by atoms with Gasteiger partial charge in [-0.3, -0.25) is 10.1 Å². The van der Waals surface area contributed by atoms with Crippen molar-refractivity contribution in [3.63, 3.8) is 0 Å². The van der Waals surface area contributed by atoms with Gasteiger partial charge < -0.3 is 10.5 Å². The zero-order valence-corrected chi connectivity index (χ0v) is 8.80. The van der Waals surface area contributed by atoms with E-state index in [1.807, 2.05) is 0 Å². The number of alkyl carbamates (subject to hydrolysis) is 1. The molecule has 0 aromatic carbocycles. The molecule has 0 unspecified atom stereocenters. The van der Waals surface area contributed by atoms with Crippen molar-refractivity contribution in [1.29, 1.82) is 0 Å². The summed E-state index contributed by atoms with van der Waals surface area (Å²) >= 11 is 0. The second-order valence-corrected chi connectivity index (χ2v) is 3.45. The standard InChI is InChI=1S/C8H13F3N2O3/c1-4(2)5(12)6(14)13-7(15)16-3-8(9,10)11/h4-5H,3,12H2,1-2H3,(H,13,14,15)/t5-/m1/s1. The molecule has 0 saturated heterocycles. The molecule has 0 aliphatic carbocycles. The predicted molar refractivity (Wildman–Crippen MR) is 48.4 cm³/mol. The first-order valence-corrected chi connectivity index (χ1v) is 4.43. The molecule has 0 fully saturated rings. The molecule has 0 aliphatic heterocycles. The fraction of sp³-hybridized carbons (Fsp3) is 0.750. The van der Waals surface area contributed by atoms with Crippen LogP contribution in [0, 0.1) is 5.92 Å². The highest BCUT2D eigenvalue weighted by Gasteiger charge is 2.30. The number of imide groups is 1. The summed E-state index contributed by atoms with van der Waals surface area (Å²) in [6, 6.07) is -0.974. The zero-order chi connectivity index (χ0) is 12.9. The summed E-state index contributed by atoms with van der Waals surface area (Å²) in [5.74, 6) is -1.11. The summed E-state index contributed by atoms with van der Waals surface area (Å²) in [5, 5.41) is 1.61. The molecule has 0 radical (unpaired) electrons. The molecule has 94 valence electrons. The van der Waals surface area contributed by atoms with Gasteiger partial charge in [0.05, 0.1) is 6.04 Å². The van der Waals surface area contributed by atoms with Gasteiger partial charge in [-0.1, -0.05) is 13.8 Å². The van der Waals surface area contributed by atoms with Crippen LogP contribution in [0.1, 0.15) is 13.8 Å². The van der Waals surface area contributed by atoms with E-state index >= 15 is 0 Å². The molecule has 0 aromatic rings. The Hall–Kier alpha value is -1.31. The lowest BCUT2D eigenvalue weighted by Crippen LogP contribution is -2.46. The topological polar surface area (TPSA) is 81.4 Å². The molecular formula is C8H13F3N2O3. The van der Waals surface area contributed by atoms with Crippen molar-refractivity contribution in [3.8, 4) is 0 Å². The highest BCUT2D eigenvalue weighted by Crippen LogP contribution is 2.14. The molecule has 16 heavy (non-hydrogen) atoms. The van der Waals surface area contributed by atoms with Crippen molar-refractivity contribution in [2.24, 2.45) is 11.7 Å². The van der Waals surface area contributed by atoms with Gasteiger partial charge in [-0.15, -0.1) is 0 Å². The predicted octanol–water partition coefficient (Wildman–Crippen LogP) is 0.785. The Labute approximate surface area is 90.1 Å². The Kier molecular flexibility index (Phi) is 5.22. The summed E-state index contributed by atoms with van der Waals surface area (Å²) in [4.78, 5) is 21.8. The first kappa shape index (κ1) is 14.7. The highest BCUT2D eigenvalue weighted by molar-refractivity contribution is 5.94. The van der Waals surface area contributed by atoms with Gasteiger partial charge in [-0.2, -0.15) is 13.2 Å². The quantitative estimate of drug-likeness (QED) is 0.766. The minimum absolute atomic E-state index is 0.240. The summed E-state index contributed by atoms with van der Waals surface area (Å²) in [6.45, 7) is 1.51. The van der Waals surface area contributed by atoms with Crippen LogP contribution in [0.4, 0.5) is 18.0 Å². The maximum Gasteiger partial charge on any atom is 0.422 e. The Morgan fingerprint density at radius 1 is 1.38 bits per heavy atom. The Morgan fingerprint density at radius 2 is 1.88 bits per heavy atom. The summed E-state index contributed by atoms with van der Waals surface area (Å²) in [5.41, 5.74) is 5.35. The average molecular weight is 242 g/mol. The number of amides is 2. The minimum atomic E-state index is -4.62. The molecule has 0 bridgehead atoms. The molecule has 3 N–H and O–H groups in total. The van der Waals surface area contributed by atoms with E-state index in [1.54, 1.807) is 19.2 Å². The first-order chi connectivity index (χ1) is 7.13. The maximum atomic E-state index is 11.6. The van der Waals surface area contributed by atoms with E-state index in [-0.39, 0.29) is 5.92 Å². The van der Waals surface area contributed by atoms with Gasteiger partial charge in [0.1, 0.15) is 0 Å². The molecule has 0 rings (SSSR count). The number of hydrogen-bond donors (Lipinski definition) is 2. The largest absolute Gasteiger partial charge is 0.440 e. The van der Waals surface area contributed by atoms with Gasteiger partial charge in [0.15, 0.2) is 6.61 Å². The first-order valence-electron chi connectivity index (χ1n) is 4.43. The van der Waals surface area contributed by atoms with Gasteiger partial charge in [0, 0.05) is 0 Å². The number of halogens is 3. The zero-order valence-electron chi connectivity index (χ0n) is 8.80. The lowest BCUT2D eigenvalue weighted by atomic mass is 10.1. The molecule has 0 aliphatic rings. The van der Waals surface area contributed by atoms with E-state index in [0.29, 0.717) is 0 Å². The van der Waals surface area contributed by atoms with Gasteiger partial charge in [-0.05, 0) is 5.92 Å². The Morgan fingerprint density at radius 3 is 2.25 bits per heavy atom. The summed E-state index contributed by atoms with van der Waals surface area (Å²) < 4.78 is 38.6. The second kappa shape index (κ2) is 5.69. The molecule has 0 heterocycles. The third-order valence-corrected chi connectivity index (χ3v) is 1.61. The molecule has 0 spiro atoms. The van der Waals surface area contributed by atoms with E-state index in [9.17, 15) is 22.8 Å². The van der Waals surface area contributed by atoms with Crippen molar-refractivity contribution in [2.45, 2.75) is 26.1 Å². The highest BCUT2D eigenvalue weighted by atomic mass is 19.4. The number of nitrogens with one attached hydrogen (secondary N) is 1. The lowest BCUT2D eigenvalue weighted by Gasteiger charge is -2.14. The summed E-state index contributed by atoms with van der Waals surface area (Å²) in [6.07, 6.45) is -6.08. The van der Waals surface area contributed by atoms with Crippen LogP contribution in [0.25, 0.3) is 0 Å². The van der Waals surface area contributed by atoms with Gasteiger partial charge in [0.25, 0.3) is 0 Å². The van der Waals surface area contributed by atoms with Crippen molar-refractivity contribution in [3.05, 3.63) is 0 Å². The number of carbonyl (C=O) groups is 2. The molecule has 8 heteroatoms. The van der Waals surface area contributed by atoms with E-state index < -0.39 is 30.8 Å². The Balaban J connectivity index is 4.02. The minimum Gasteiger partial charge on any atom is -0.440 e. The van der Waals surface area contributed by atoms with E-state index in [0.717, 1.165) is 0 Å². The fourth-order valence-corrected chi connectivity index (χ4v) is 0.670. The van der Waals surface area contributed by atoms with E-state index in [1.165, 1.54) is 0 Å². The Bertz CT molecular complexity index is 266. The van der Waals surface area contributed by atoms with Crippen LogP contribution in [0.15, 0.2) is 0 Å². The monoisotopic (exact) mass is 242 g/mol. The third-order valence-electron chi connectivity index (χ3n) is 1.61. The normalized spacial score (nSPS) is 13.4. The van der Waals surface area contributed by atoms with Crippen LogP contribution in [0.2, 0.25) is 0 Å². The number of ether oxygens (including phenoxy) is 1. The fourth-order valence-electron chi connectivity index (χ4n) is 0.670. The van der Waals surface area contributed by atoms with Crippen LogP contribution >= 0.6 is 0 Å². The van der Waals surface area contributed by atoms with Crippen molar-refractivity contribution >= 4 is 12.0 Å². The van der Waals surface area contributed by atoms with Crippen molar-refractivity contribution in [2.75, 3.05) is 6.61 Å². The molecular weight excluding hydrogens is 229 g/mol. The smallest absolute Gasteiger partial charge is 0.422 e. The molecule has 0 aromatic heterocycles. The van der Waals surface area contributed by atoms with Crippen molar-refractivity contribution in [1.82, 2.24) is 5.32 Å². The number of rotatable bonds is 3. The number of alkyl halides is 3. The van der Waals surface area contributed by atoms with Crippen LogP contribution in [0.5, 0.6) is 0 Å². The van der Waals surface area contributed by atoms with Crippen molar-refractivity contribution < 1.29 is 27.5 Å². The van der Waals surface area contributed by atoms with E-state index in [4.69, 9.17) is 5.73 Å². The van der Waals surface area contributed by atoms with Gasteiger partial charge in [-0.25, -0.2) is 4.79 Å². The van der Waals surface area contributed by atoms with E-state index in [2.05, 4.69) is 4.74 Å². The maximum absolute atomic E-state index is 11.6. The molecule has 5 nitrogen and oxygen atoms in total. The molecule has 2 amide bonds. The van der Waals surface area contributed by atoms with Gasteiger partial charge >= 0.3 is 12.3 Å². The van der Waals surface area contributed by atoms with Crippen LogP contribution in [0.3, 0.4) is 0 Å². The molecule has 1 atom stereocenters. The summed E-state index contributed by atoms with van der Waals surface area (Å²) in [7, 11) is 0. The lowest BCUT2D eigenvalue weighted by molar-refractivity contribution is -0.160. The third kappa shape index (κ3) is 6.23. The van der Waals surface area contributed by atoms with Crippen LogP contribution in [-0.4, -0.2) is 30.8 Å².